The molecule has 172 valence electrons. The summed E-state index contributed by atoms with van der Waals surface area (Å²) in [6.45, 7) is 9.92. The Morgan fingerprint density at radius 2 is 1.65 bits per heavy atom. The third-order valence-electron chi connectivity index (χ3n) is 5.55. The molecular formula is C24H37N3O4. The standard InChI is InChI=1S/C24H37N3O4/c1-16(2)14-21(28)27-12-10-18(11-13-27)22(24(30)25-15-17(3)4)26-23(29)19-6-8-20(31-5)9-7-19/h6-9,16-18,22H,10-15H2,1-5H3,(H,25,30)(H,26,29). The highest BCUT2D eigenvalue weighted by Gasteiger charge is 2.34. The first-order valence-corrected chi connectivity index (χ1v) is 11.2. The number of likely N-dealkylation sites (tertiary alicyclic amines) is 1. The van der Waals surface area contributed by atoms with Crippen molar-refractivity contribution in [1.82, 2.24) is 15.5 Å². The lowest BCUT2D eigenvalue weighted by Gasteiger charge is -2.36. The molecule has 1 heterocycles. The van der Waals surface area contributed by atoms with Gasteiger partial charge in [0.1, 0.15) is 11.8 Å². The van der Waals surface area contributed by atoms with E-state index in [9.17, 15) is 14.4 Å². The van der Waals surface area contributed by atoms with Crippen LogP contribution in [0.15, 0.2) is 24.3 Å². The molecule has 1 saturated heterocycles. The van der Waals surface area contributed by atoms with E-state index in [1.165, 1.54) is 0 Å². The van der Waals surface area contributed by atoms with Crippen LogP contribution in [0.2, 0.25) is 0 Å². The third kappa shape index (κ3) is 7.56. The number of ether oxygens (including phenoxy) is 1. The van der Waals surface area contributed by atoms with Gasteiger partial charge in [0.25, 0.3) is 5.91 Å². The van der Waals surface area contributed by atoms with Crippen LogP contribution in [0.5, 0.6) is 5.75 Å². The lowest BCUT2D eigenvalue weighted by atomic mass is 9.88. The highest BCUT2D eigenvalue weighted by Crippen LogP contribution is 2.23. The van der Waals surface area contributed by atoms with E-state index in [-0.39, 0.29) is 23.6 Å². The van der Waals surface area contributed by atoms with Crippen LogP contribution in [0.25, 0.3) is 0 Å². The van der Waals surface area contributed by atoms with E-state index < -0.39 is 6.04 Å². The first-order chi connectivity index (χ1) is 14.7. The summed E-state index contributed by atoms with van der Waals surface area (Å²) in [5.74, 6) is 1.00. The average molecular weight is 432 g/mol. The van der Waals surface area contributed by atoms with Gasteiger partial charge in [0.05, 0.1) is 7.11 Å². The lowest BCUT2D eigenvalue weighted by Crippen LogP contribution is -2.54. The van der Waals surface area contributed by atoms with E-state index in [1.807, 2.05) is 32.6 Å². The highest BCUT2D eigenvalue weighted by atomic mass is 16.5. The molecule has 31 heavy (non-hydrogen) atoms. The Kier molecular flexibility index (Phi) is 9.34. The zero-order chi connectivity index (χ0) is 23.0. The van der Waals surface area contributed by atoms with Gasteiger partial charge in [-0.25, -0.2) is 0 Å². The van der Waals surface area contributed by atoms with E-state index in [4.69, 9.17) is 4.74 Å². The smallest absolute Gasteiger partial charge is 0.251 e. The molecule has 0 spiro atoms. The quantitative estimate of drug-likeness (QED) is 0.629. The van der Waals surface area contributed by atoms with Crippen LogP contribution < -0.4 is 15.4 Å². The van der Waals surface area contributed by atoms with Crippen molar-refractivity contribution >= 4 is 17.7 Å². The van der Waals surface area contributed by atoms with Crippen molar-refractivity contribution in [2.24, 2.45) is 17.8 Å². The van der Waals surface area contributed by atoms with E-state index in [1.54, 1.807) is 31.4 Å². The van der Waals surface area contributed by atoms with Crippen LogP contribution in [-0.4, -0.2) is 55.4 Å². The summed E-state index contributed by atoms with van der Waals surface area (Å²) in [6, 6.07) is 6.19. The van der Waals surface area contributed by atoms with Gasteiger partial charge in [-0.15, -0.1) is 0 Å². The van der Waals surface area contributed by atoms with Crippen LogP contribution >= 0.6 is 0 Å². The van der Waals surface area contributed by atoms with Gasteiger partial charge in [0.15, 0.2) is 0 Å². The monoisotopic (exact) mass is 431 g/mol. The number of amides is 3. The largest absolute Gasteiger partial charge is 0.497 e. The van der Waals surface area contributed by atoms with Gasteiger partial charge in [-0.1, -0.05) is 27.7 Å². The van der Waals surface area contributed by atoms with Gasteiger partial charge < -0.3 is 20.3 Å². The summed E-state index contributed by atoms with van der Waals surface area (Å²) in [6.07, 6.45) is 1.91. The number of piperidine rings is 1. The van der Waals surface area contributed by atoms with Gasteiger partial charge in [-0.05, 0) is 54.9 Å². The maximum atomic E-state index is 12.9. The topological polar surface area (TPSA) is 87.7 Å². The number of methoxy groups -OCH3 is 1. The molecule has 0 aliphatic carbocycles. The van der Waals surface area contributed by atoms with Gasteiger partial charge in [-0.2, -0.15) is 0 Å². The number of nitrogens with zero attached hydrogens (tertiary/aromatic N) is 1. The van der Waals surface area contributed by atoms with Gasteiger partial charge in [-0.3, -0.25) is 14.4 Å². The van der Waals surface area contributed by atoms with Gasteiger partial charge in [0, 0.05) is 31.6 Å². The van der Waals surface area contributed by atoms with E-state index >= 15 is 0 Å². The number of carbonyl (C=O) groups excluding carboxylic acids is 3. The van der Waals surface area contributed by atoms with Gasteiger partial charge >= 0.3 is 0 Å². The van der Waals surface area contributed by atoms with Crippen LogP contribution in [0.3, 0.4) is 0 Å². The molecule has 1 fully saturated rings. The fraction of sp³-hybridized carbons (Fsp3) is 0.625. The molecule has 2 N–H and O–H groups in total. The van der Waals surface area contributed by atoms with Crippen molar-refractivity contribution in [1.29, 1.82) is 0 Å². The summed E-state index contributed by atoms with van der Waals surface area (Å²) in [7, 11) is 1.57. The Morgan fingerprint density at radius 1 is 1.03 bits per heavy atom. The molecule has 0 radical (unpaired) electrons. The van der Waals surface area contributed by atoms with Crippen LogP contribution in [0, 0.1) is 17.8 Å². The third-order valence-corrected chi connectivity index (χ3v) is 5.55. The molecule has 7 heteroatoms. The second-order valence-electron chi connectivity index (χ2n) is 9.13. The average Bonchev–Trinajstić information content (AvgIpc) is 2.75. The molecule has 0 bridgehead atoms. The Balaban J connectivity index is 2.07. The molecule has 1 aromatic carbocycles. The van der Waals surface area contributed by atoms with E-state index in [2.05, 4.69) is 10.6 Å². The minimum absolute atomic E-state index is 0.0162. The normalized spacial score (nSPS) is 15.6. The first-order valence-electron chi connectivity index (χ1n) is 11.2. The number of hydrogen-bond acceptors (Lipinski definition) is 4. The highest BCUT2D eigenvalue weighted by molar-refractivity contribution is 5.97. The van der Waals surface area contributed by atoms with E-state index in [0.717, 1.165) is 0 Å². The van der Waals surface area contributed by atoms with Crippen LogP contribution in [0.1, 0.15) is 57.3 Å². The molecule has 0 saturated carbocycles. The van der Waals surface area contributed by atoms with Crippen molar-refractivity contribution in [2.45, 2.75) is 53.0 Å². The van der Waals surface area contributed by atoms with E-state index in [0.29, 0.717) is 62.0 Å². The zero-order valence-electron chi connectivity index (χ0n) is 19.4. The predicted molar refractivity (Wildman–Crippen MR) is 121 cm³/mol. The van der Waals surface area contributed by atoms with Crippen molar-refractivity contribution in [3.05, 3.63) is 29.8 Å². The van der Waals surface area contributed by atoms with Crippen molar-refractivity contribution < 1.29 is 19.1 Å². The summed E-state index contributed by atoms with van der Waals surface area (Å²) >= 11 is 0. The number of hydrogen-bond donors (Lipinski definition) is 2. The zero-order valence-corrected chi connectivity index (χ0v) is 19.4. The second kappa shape index (κ2) is 11.7. The number of benzene rings is 1. The molecule has 3 amide bonds. The Bertz CT molecular complexity index is 738. The minimum Gasteiger partial charge on any atom is -0.497 e. The maximum Gasteiger partial charge on any atom is 0.251 e. The van der Waals surface area contributed by atoms with Crippen molar-refractivity contribution in [3.63, 3.8) is 0 Å². The minimum atomic E-state index is -0.629. The molecular weight excluding hydrogens is 394 g/mol. The molecule has 1 unspecified atom stereocenters. The Hall–Kier alpha value is -2.57. The summed E-state index contributed by atoms with van der Waals surface area (Å²) in [4.78, 5) is 40.0. The Morgan fingerprint density at radius 3 is 2.16 bits per heavy atom. The fourth-order valence-electron chi connectivity index (χ4n) is 3.74. The molecule has 7 nitrogen and oxygen atoms in total. The Labute approximate surface area is 185 Å². The molecule has 1 atom stereocenters. The fourth-order valence-corrected chi connectivity index (χ4v) is 3.74. The maximum absolute atomic E-state index is 12.9. The van der Waals surface area contributed by atoms with Crippen molar-refractivity contribution in [2.75, 3.05) is 26.7 Å². The first kappa shape index (κ1) is 24.7. The van der Waals surface area contributed by atoms with Crippen LogP contribution in [-0.2, 0) is 9.59 Å². The molecule has 1 aliphatic rings. The number of rotatable bonds is 9. The van der Waals surface area contributed by atoms with Gasteiger partial charge in [0.2, 0.25) is 11.8 Å². The number of carbonyl (C=O) groups is 3. The summed E-state index contributed by atoms with van der Waals surface area (Å²) in [5.41, 5.74) is 0.479. The molecule has 0 aromatic heterocycles. The molecule has 2 rings (SSSR count). The summed E-state index contributed by atoms with van der Waals surface area (Å²) in [5, 5.41) is 5.91. The summed E-state index contributed by atoms with van der Waals surface area (Å²) < 4.78 is 5.14. The predicted octanol–water partition coefficient (Wildman–Crippen LogP) is 2.85. The van der Waals surface area contributed by atoms with Crippen molar-refractivity contribution in [3.8, 4) is 5.75 Å². The number of nitrogens with one attached hydrogen (secondary N) is 2. The SMILES string of the molecule is COc1ccc(C(=O)NC(C(=O)NCC(C)C)C2CCN(C(=O)CC(C)C)CC2)cc1. The molecule has 1 aliphatic heterocycles. The second-order valence-corrected chi connectivity index (χ2v) is 9.13. The molecule has 1 aromatic rings. The lowest BCUT2D eigenvalue weighted by molar-refractivity contribution is -0.133. The van der Waals surface area contributed by atoms with Crippen LogP contribution in [0.4, 0.5) is 0 Å².